The number of benzene rings is 3. The van der Waals surface area contributed by atoms with Crippen LogP contribution in [0.3, 0.4) is 0 Å². The number of nitriles is 1. The van der Waals surface area contributed by atoms with Gasteiger partial charge in [0.2, 0.25) is 0 Å². The van der Waals surface area contributed by atoms with Gasteiger partial charge >= 0.3 is 6.36 Å². The number of aryl methyl sites for hydroxylation is 1. The molecule has 8 nitrogen and oxygen atoms in total. The zero-order valence-corrected chi connectivity index (χ0v) is 20.6. The van der Waals surface area contributed by atoms with E-state index >= 15 is 0 Å². The normalized spacial score (nSPS) is 11.8. The number of ether oxygens (including phenoxy) is 1. The Morgan fingerprint density at radius 3 is 2.34 bits per heavy atom. The van der Waals surface area contributed by atoms with Crippen molar-refractivity contribution in [2.75, 3.05) is 10.6 Å². The van der Waals surface area contributed by atoms with E-state index in [1.165, 1.54) is 35.3 Å². The van der Waals surface area contributed by atoms with E-state index < -0.39 is 12.3 Å². The van der Waals surface area contributed by atoms with Crippen LogP contribution in [0.5, 0.6) is 5.75 Å². The summed E-state index contributed by atoms with van der Waals surface area (Å²) < 4.78 is 42.3. The third kappa shape index (κ3) is 6.51. The number of aromatic nitrogens is 3. The maximum Gasteiger partial charge on any atom is 0.573 e. The van der Waals surface area contributed by atoms with E-state index in [4.69, 9.17) is 0 Å². The summed E-state index contributed by atoms with van der Waals surface area (Å²) in [5.41, 5.74) is 3.01. The Morgan fingerprint density at radius 2 is 1.71 bits per heavy atom. The third-order valence-electron chi connectivity index (χ3n) is 5.20. The largest absolute Gasteiger partial charge is 0.573 e. The highest BCUT2D eigenvalue weighted by Gasteiger charge is 2.31. The van der Waals surface area contributed by atoms with E-state index in [1.807, 2.05) is 37.3 Å². The highest BCUT2D eigenvalue weighted by molar-refractivity contribution is 7.84. The standard InChI is InChI=1S/C26H19F3N6O2S/c1-16-4-2-3-5-22(16)33-25(38)21(14-30)24(36)32-18-8-6-17(7-9-18)23-31-15-35(34-23)19-10-12-20(13-11-19)37-26(27,28)29/h2-13,15,33,38H,1H3,(H,32,36)/b25-21-. The highest BCUT2D eigenvalue weighted by Crippen LogP contribution is 2.25. The maximum atomic E-state index is 12.7. The molecule has 0 spiro atoms. The van der Waals surface area contributed by atoms with Gasteiger partial charge in [-0.15, -0.1) is 30.9 Å². The quantitative estimate of drug-likeness (QED) is 0.155. The summed E-state index contributed by atoms with van der Waals surface area (Å²) in [6.07, 6.45) is -3.35. The van der Waals surface area contributed by atoms with Crippen LogP contribution in [-0.2, 0) is 4.79 Å². The minimum atomic E-state index is -4.77. The average Bonchev–Trinajstić information content (AvgIpc) is 3.36. The van der Waals surface area contributed by atoms with Crippen molar-refractivity contribution >= 4 is 29.9 Å². The first-order chi connectivity index (χ1) is 18.1. The van der Waals surface area contributed by atoms with Gasteiger partial charge in [-0.3, -0.25) is 4.79 Å². The molecule has 0 radical (unpaired) electrons. The summed E-state index contributed by atoms with van der Waals surface area (Å²) in [6, 6.07) is 21.1. The van der Waals surface area contributed by atoms with Crippen LogP contribution in [0.4, 0.5) is 24.5 Å². The van der Waals surface area contributed by atoms with Crippen molar-refractivity contribution in [3.63, 3.8) is 0 Å². The van der Waals surface area contributed by atoms with Gasteiger partial charge < -0.3 is 15.4 Å². The second kappa shape index (κ2) is 11.1. The number of rotatable bonds is 7. The molecule has 3 aromatic carbocycles. The number of para-hydroxylation sites is 1. The average molecular weight is 537 g/mol. The third-order valence-corrected chi connectivity index (χ3v) is 5.54. The first-order valence-corrected chi connectivity index (χ1v) is 11.4. The smallest absolute Gasteiger partial charge is 0.406 e. The van der Waals surface area contributed by atoms with Crippen LogP contribution in [0.25, 0.3) is 17.1 Å². The van der Waals surface area contributed by atoms with Gasteiger partial charge in [0.05, 0.1) is 10.7 Å². The van der Waals surface area contributed by atoms with Gasteiger partial charge in [0.25, 0.3) is 5.91 Å². The molecule has 0 saturated carbocycles. The molecule has 2 N–H and O–H groups in total. The molecule has 1 aromatic heterocycles. The van der Waals surface area contributed by atoms with Crippen LogP contribution in [-0.4, -0.2) is 27.0 Å². The molecule has 0 atom stereocenters. The van der Waals surface area contributed by atoms with Crippen LogP contribution < -0.4 is 15.4 Å². The first-order valence-electron chi connectivity index (χ1n) is 11.0. The molecule has 0 bridgehead atoms. The topological polar surface area (TPSA) is 105 Å². The molecule has 0 aliphatic heterocycles. The Hall–Kier alpha value is -4.76. The van der Waals surface area contributed by atoms with Crippen molar-refractivity contribution in [2.24, 2.45) is 0 Å². The number of anilines is 2. The maximum absolute atomic E-state index is 12.7. The summed E-state index contributed by atoms with van der Waals surface area (Å²) in [7, 11) is 0. The lowest BCUT2D eigenvalue weighted by Crippen LogP contribution is -2.17. The van der Waals surface area contributed by atoms with Crippen molar-refractivity contribution in [2.45, 2.75) is 13.3 Å². The number of halogens is 3. The number of hydrogen-bond donors (Lipinski definition) is 3. The Kier molecular flexibility index (Phi) is 7.68. The molecule has 1 amide bonds. The fraction of sp³-hybridized carbons (Fsp3) is 0.0769. The molecular formula is C26H19F3N6O2S. The van der Waals surface area contributed by atoms with Crippen LogP contribution in [0, 0.1) is 18.3 Å². The van der Waals surface area contributed by atoms with E-state index in [1.54, 1.807) is 24.3 Å². The van der Waals surface area contributed by atoms with Gasteiger partial charge in [-0.1, -0.05) is 18.2 Å². The SMILES string of the molecule is Cc1ccccc1N/C(S)=C(\C#N)C(=O)Nc1ccc(-c2ncn(-c3ccc(OC(F)(F)F)cc3)n2)cc1. The van der Waals surface area contributed by atoms with Crippen molar-refractivity contribution in [1.29, 1.82) is 5.26 Å². The lowest BCUT2D eigenvalue weighted by atomic mass is 10.2. The summed E-state index contributed by atoms with van der Waals surface area (Å²) in [5.74, 6) is -0.618. The lowest BCUT2D eigenvalue weighted by Gasteiger charge is -2.11. The van der Waals surface area contributed by atoms with Gasteiger partial charge in [-0.2, -0.15) is 5.26 Å². The summed E-state index contributed by atoms with van der Waals surface area (Å²) >= 11 is 4.30. The van der Waals surface area contributed by atoms with Crippen LogP contribution in [0.2, 0.25) is 0 Å². The molecule has 192 valence electrons. The number of amides is 1. The van der Waals surface area contributed by atoms with Gasteiger partial charge in [-0.25, -0.2) is 9.67 Å². The molecule has 0 aliphatic rings. The van der Waals surface area contributed by atoms with Crippen LogP contribution in [0.15, 0.2) is 89.7 Å². The summed E-state index contributed by atoms with van der Waals surface area (Å²) in [4.78, 5) is 16.9. The Morgan fingerprint density at radius 1 is 1.03 bits per heavy atom. The molecule has 0 fully saturated rings. The number of nitrogens with zero attached hydrogens (tertiary/aromatic N) is 4. The Balaban J connectivity index is 1.43. The fourth-order valence-electron chi connectivity index (χ4n) is 3.33. The molecule has 0 aliphatic carbocycles. The molecule has 0 saturated heterocycles. The first kappa shape index (κ1) is 26.3. The van der Waals surface area contributed by atoms with Crippen molar-refractivity contribution in [3.05, 3.63) is 95.3 Å². The molecular weight excluding hydrogens is 517 g/mol. The second-order valence-corrected chi connectivity index (χ2v) is 8.31. The van der Waals surface area contributed by atoms with Gasteiger partial charge in [0, 0.05) is 16.9 Å². The van der Waals surface area contributed by atoms with E-state index in [2.05, 4.69) is 38.1 Å². The fourth-order valence-corrected chi connectivity index (χ4v) is 3.60. The molecule has 4 rings (SSSR count). The zero-order valence-electron chi connectivity index (χ0n) is 19.7. The van der Waals surface area contributed by atoms with Crippen LogP contribution in [0.1, 0.15) is 5.56 Å². The Labute approximate surface area is 220 Å². The van der Waals surface area contributed by atoms with Crippen LogP contribution >= 0.6 is 12.6 Å². The van der Waals surface area contributed by atoms with Gasteiger partial charge in [0.1, 0.15) is 23.7 Å². The minimum absolute atomic E-state index is 0.115. The Bertz CT molecular complexity index is 1520. The van der Waals surface area contributed by atoms with E-state index in [9.17, 15) is 23.2 Å². The van der Waals surface area contributed by atoms with Crippen molar-refractivity contribution < 1.29 is 22.7 Å². The summed E-state index contributed by atoms with van der Waals surface area (Å²) in [6.45, 7) is 1.89. The summed E-state index contributed by atoms with van der Waals surface area (Å²) in [5, 5.41) is 19.6. The molecule has 38 heavy (non-hydrogen) atoms. The van der Waals surface area contributed by atoms with Gasteiger partial charge in [0.15, 0.2) is 5.82 Å². The molecule has 12 heteroatoms. The number of nitrogens with one attached hydrogen (secondary N) is 2. The molecule has 4 aromatic rings. The van der Waals surface area contributed by atoms with E-state index in [0.717, 1.165) is 11.3 Å². The lowest BCUT2D eigenvalue weighted by molar-refractivity contribution is -0.274. The number of thiol groups is 1. The monoisotopic (exact) mass is 536 g/mol. The number of carbonyl (C=O) groups excluding carboxylic acids is 1. The second-order valence-electron chi connectivity index (χ2n) is 7.86. The predicted molar refractivity (Wildman–Crippen MR) is 139 cm³/mol. The number of hydrogen-bond acceptors (Lipinski definition) is 7. The minimum Gasteiger partial charge on any atom is -0.406 e. The van der Waals surface area contributed by atoms with E-state index in [-0.39, 0.29) is 16.4 Å². The zero-order chi connectivity index (χ0) is 27.3. The number of carbonyl (C=O) groups is 1. The van der Waals surface area contributed by atoms with E-state index in [0.29, 0.717) is 22.8 Å². The number of alkyl halides is 3. The highest BCUT2D eigenvalue weighted by atomic mass is 32.1. The van der Waals surface area contributed by atoms with Gasteiger partial charge in [-0.05, 0) is 67.1 Å². The molecule has 1 heterocycles. The van der Waals surface area contributed by atoms with Crippen molar-refractivity contribution in [3.8, 4) is 28.9 Å². The van der Waals surface area contributed by atoms with Crippen molar-refractivity contribution in [1.82, 2.24) is 14.8 Å². The molecule has 0 unspecified atom stereocenters. The predicted octanol–water partition coefficient (Wildman–Crippen LogP) is 5.86.